The normalized spacial score (nSPS) is 16.3. The molecule has 41 heavy (non-hydrogen) atoms. The maximum Gasteiger partial charge on any atom is -1.00 e. The van der Waals surface area contributed by atoms with Crippen LogP contribution in [-0.4, -0.2) is 3.71 Å². The molecule has 0 amide bonds. The van der Waals surface area contributed by atoms with Crippen molar-refractivity contribution in [2.45, 2.75) is 86.5 Å². The van der Waals surface area contributed by atoms with Crippen LogP contribution in [0.4, 0.5) is 0 Å². The Bertz CT molecular complexity index is 1520. The van der Waals surface area contributed by atoms with E-state index in [4.69, 9.17) is 0 Å². The third-order valence-electron chi connectivity index (χ3n) is 8.56. The van der Waals surface area contributed by atoms with Crippen LogP contribution in [0.1, 0.15) is 97.1 Å². The van der Waals surface area contributed by atoms with Gasteiger partial charge in [-0.15, -0.1) is 0 Å². The quantitative estimate of drug-likeness (QED) is 0.315. The van der Waals surface area contributed by atoms with Crippen LogP contribution in [0.5, 0.6) is 0 Å². The van der Waals surface area contributed by atoms with Gasteiger partial charge in [-0.25, -0.2) is 0 Å². The zero-order valence-electron chi connectivity index (χ0n) is 26.5. The maximum atomic E-state index is 2.72. The van der Waals surface area contributed by atoms with Crippen LogP contribution in [0.25, 0.3) is 11.1 Å². The fraction of sp³-hybridized carbons (Fsp3) is 0.395. The summed E-state index contributed by atoms with van der Waals surface area (Å²) >= 11 is -2.47. The SMILES string of the molecule is CC1C=C(C(C)(C)C)C=[C]1/[Zr+2](=[CH]/c1ccccc1)[c]1cc(C(C)(C)C)cc2c1Cc1ccc(C(C)(C)C)cc1-2.[Cl-].[Cl-]. The first-order chi connectivity index (χ1) is 18.1. The van der Waals surface area contributed by atoms with E-state index >= 15 is 0 Å². The summed E-state index contributed by atoms with van der Waals surface area (Å²) in [5.41, 5.74) is 12.3. The zero-order valence-corrected chi connectivity index (χ0v) is 30.5. The van der Waals surface area contributed by atoms with E-state index in [9.17, 15) is 0 Å². The third kappa shape index (κ3) is 7.01. The minimum atomic E-state index is -2.47. The first-order valence-corrected chi connectivity index (χ1v) is 18.5. The molecule has 0 aromatic heterocycles. The van der Waals surface area contributed by atoms with E-state index in [1.807, 2.05) is 0 Å². The topological polar surface area (TPSA) is 0 Å². The molecule has 3 heteroatoms. The summed E-state index contributed by atoms with van der Waals surface area (Å²) in [7, 11) is 0. The Morgan fingerprint density at radius 3 is 1.88 bits per heavy atom. The smallest absolute Gasteiger partial charge is 1.00 e. The molecular weight excluding hydrogens is 619 g/mol. The van der Waals surface area contributed by atoms with Crippen LogP contribution < -0.4 is 28.1 Å². The van der Waals surface area contributed by atoms with Crippen molar-refractivity contribution in [3.8, 4) is 11.1 Å². The van der Waals surface area contributed by atoms with Gasteiger partial charge in [-0.3, -0.25) is 0 Å². The molecular formula is C38H46Cl2Zr. The second-order valence-electron chi connectivity index (χ2n) is 14.8. The van der Waals surface area contributed by atoms with Crippen LogP contribution in [0.2, 0.25) is 0 Å². The number of rotatable bonds is 3. The van der Waals surface area contributed by atoms with Crippen molar-refractivity contribution in [2.75, 3.05) is 0 Å². The van der Waals surface area contributed by atoms with Gasteiger partial charge in [-0.1, -0.05) is 0 Å². The first-order valence-electron chi connectivity index (χ1n) is 14.7. The average Bonchev–Trinajstić information content (AvgIpc) is 3.42. The molecule has 5 rings (SSSR count). The summed E-state index contributed by atoms with van der Waals surface area (Å²) in [6, 6.07) is 23.6. The molecule has 2 aliphatic carbocycles. The van der Waals surface area contributed by atoms with Crippen LogP contribution in [0.3, 0.4) is 0 Å². The minimum absolute atomic E-state index is 0. The Kier molecular flexibility index (Phi) is 10.1. The Hall–Kier alpha value is -1.53. The zero-order chi connectivity index (χ0) is 28.3. The molecule has 0 heterocycles. The molecule has 0 nitrogen and oxygen atoms in total. The molecule has 1 atom stereocenters. The molecule has 3 aromatic rings. The molecule has 216 valence electrons. The van der Waals surface area contributed by atoms with Crippen molar-refractivity contribution in [2.24, 2.45) is 11.3 Å². The third-order valence-corrected chi connectivity index (χ3v) is 15.6. The minimum Gasteiger partial charge on any atom is -1.00 e. The van der Waals surface area contributed by atoms with Gasteiger partial charge >= 0.3 is 247 Å². The Labute approximate surface area is 269 Å². The van der Waals surface area contributed by atoms with Gasteiger partial charge in [-0.2, -0.15) is 0 Å². The first kappa shape index (κ1) is 34.0. The molecule has 0 fully saturated rings. The summed E-state index contributed by atoms with van der Waals surface area (Å²) in [6.45, 7) is 23.6. The monoisotopic (exact) mass is 662 g/mol. The van der Waals surface area contributed by atoms with Crippen molar-refractivity contribution < 1.29 is 46.1 Å². The Morgan fingerprint density at radius 2 is 1.32 bits per heavy atom. The molecule has 1 unspecified atom stereocenters. The molecule has 0 aliphatic heterocycles. The van der Waals surface area contributed by atoms with Crippen molar-refractivity contribution in [3.63, 3.8) is 0 Å². The van der Waals surface area contributed by atoms with Crippen molar-refractivity contribution in [1.29, 1.82) is 0 Å². The summed E-state index contributed by atoms with van der Waals surface area (Å²) in [6.07, 6.45) is 6.21. The van der Waals surface area contributed by atoms with Gasteiger partial charge < -0.3 is 24.8 Å². The Morgan fingerprint density at radius 1 is 0.707 bits per heavy atom. The van der Waals surface area contributed by atoms with Crippen molar-refractivity contribution in [1.82, 2.24) is 0 Å². The number of fused-ring (bicyclic) bond motifs is 3. The van der Waals surface area contributed by atoms with Gasteiger partial charge in [0.2, 0.25) is 0 Å². The number of halogens is 2. The Balaban J connectivity index is 0.00000231. The predicted molar refractivity (Wildman–Crippen MR) is 168 cm³/mol. The van der Waals surface area contributed by atoms with E-state index in [2.05, 4.69) is 146 Å². The van der Waals surface area contributed by atoms with Gasteiger partial charge in [0.1, 0.15) is 0 Å². The predicted octanol–water partition coefficient (Wildman–Crippen LogP) is 3.46. The summed E-state index contributed by atoms with van der Waals surface area (Å²) < 4.78 is 6.11. The number of hydrogen-bond donors (Lipinski definition) is 0. The van der Waals surface area contributed by atoms with Crippen LogP contribution in [0.15, 0.2) is 81.7 Å². The van der Waals surface area contributed by atoms with E-state index in [0.717, 1.165) is 6.42 Å². The van der Waals surface area contributed by atoms with E-state index in [0.29, 0.717) is 5.92 Å². The standard InChI is InChI=1S/C21H25.C10H15.C7H6.2ClH.Zr/c1-20(2,3)16-9-7-14-11-15-8-10-17(21(4,5)6)13-19(15)18(14)12-16;1-8-5-6-9(7-8)10(2,3)4;1-7-5-3-2-4-6-7;;;/h7,9-10,12-13H,11H2,1-6H3;6-8H,1-4H3;1-6H;2*1H;/q;;;;;+2/p-2. The van der Waals surface area contributed by atoms with Crippen molar-refractivity contribution >= 4 is 6.98 Å². The number of allylic oxidation sites excluding steroid dienone is 4. The van der Waals surface area contributed by atoms with E-state index in [1.165, 1.54) is 39.0 Å². The van der Waals surface area contributed by atoms with Crippen molar-refractivity contribution in [3.05, 3.63) is 109 Å². The van der Waals surface area contributed by atoms with Gasteiger partial charge in [0.05, 0.1) is 0 Å². The fourth-order valence-corrected chi connectivity index (χ4v) is 13.1. The second kappa shape index (κ2) is 12.2. The molecule has 0 N–H and O–H groups in total. The van der Waals surface area contributed by atoms with Gasteiger partial charge in [-0.05, 0) is 0 Å². The van der Waals surface area contributed by atoms with Gasteiger partial charge in [0, 0.05) is 0 Å². The molecule has 0 saturated carbocycles. The molecule has 0 bridgehead atoms. The summed E-state index contributed by atoms with van der Waals surface area (Å²) in [5, 5.41) is 0. The van der Waals surface area contributed by atoms with E-state index in [-0.39, 0.29) is 41.1 Å². The van der Waals surface area contributed by atoms with E-state index < -0.39 is 21.3 Å². The molecule has 3 aromatic carbocycles. The van der Waals surface area contributed by atoms with Gasteiger partial charge in [0.15, 0.2) is 0 Å². The second-order valence-corrected chi connectivity index (χ2v) is 20.3. The van der Waals surface area contributed by atoms with Crippen LogP contribution in [-0.2, 0) is 38.5 Å². The molecule has 0 radical (unpaired) electrons. The summed E-state index contributed by atoms with van der Waals surface area (Å²) in [4.78, 5) is 0. The van der Waals surface area contributed by atoms with Gasteiger partial charge in [0.25, 0.3) is 0 Å². The van der Waals surface area contributed by atoms with E-state index in [1.54, 1.807) is 12.1 Å². The summed E-state index contributed by atoms with van der Waals surface area (Å²) in [5.74, 6) is 0.499. The number of benzene rings is 3. The molecule has 0 saturated heterocycles. The number of hydrogen-bond acceptors (Lipinski definition) is 0. The van der Waals surface area contributed by atoms with Crippen LogP contribution >= 0.6 is 0 Å². The molecule has 0 spiro atoms. The molecule has 2 aliphatic rings. The van der Waals surface area contributed by atoms with Crippen LogP contribution in [0, 0.1) is 11.3 Å². The largest absolute Gasteiger partial charge is 1.00 e. The average molecular weight is 665 g/mol. The fourth-order valence-electron chi connectivity index (χ4n) is 5.94. The maximum absolute atomic E-state index is 2.72.